The first-order chi connectivity index (χ1) is 8.79. The van der Waals surface area contributed by atoms with Gasteiger partial charge >= 0.3 is 0 Å². The maximum Gasteiger partial charge on any atom is 0.118 e. The van der Waals surface area contributed by atoms with Gasteiger partial charge in [-0.25, -0.2) is 0 Å². The normalized spacial score (nSPS) is 20.1. The maximum absolute atomic E-state index is 5.16. The Morgan fingerprint density at radius 1 is 1.28 bits per heavy atom. The van der Waals surface area contributed by atoms with E-state index >= 15 is 0 Å². The molecule has 0 bridgehead atoms. The minimum absolute atomic E-state index is 0.467. The SMILES string of the molecule is COc1ccc(CNC2CCCCC=C2Br)cc1. The highest BCUT2D eigenvalue weighted by Gasteiger charge is 2.13. The van der Waals surface area contributed by atoms with Crippen LogP contribution in [-0.4, -0.2) is 13.2 Å². The Balaban J connectivity index is 1.89. The molecular weight excluding hydrogens is 290 g/mol. The van der Waals surface area contributed by atoms with Crippen molar-refractivity contribution in [1.29, 1.82) is 0 Å². The first kappa shape index (κ1) is 13.6. The lowest BCUT2D eigenvalue weighted by atomic mass is 10.1. The van der Waals surface area contributed by atoms with Crippen molar-refractivity contribution in [2.24, 2.45) is 0 Å². The summed E-state index contributed by atoms with van der Waals surface area (Å²) in [4.78, 5) is 0. The van der Waals surface area contributed by atoms with Crippen LogP contribution < -0.4 is 10.1 Å². The van der Waals surface area contributed by atoms with Crippen LogP contribution in [0.15, 0.2) is 34.8 Å². The molecule has 3 heteroatoms. The van der Waals surface area contributed by atoms with E-state index in [0.29, 0.717) is 6.04 Å². The van der Waals surface area contributed by atoms with Gasteiger partial charge in [0.1, 0.15) is 5.75 Å². The third-order valence-corrected chi connectivity index (χ3v) is 4.21. The molecule has 0 amide bonds. The van der Waals surface area contributed by atoms with Crippen molar-refractivity contribution in [2.75, 3.05) is 7.11 Å². The fraction of sp³-hybridized carbons (Fsp3) is 0.467. The fourth-order valence-corrected chi connectivity index (χ4v) is 2.82. The second kappa shape index (κ2) is 6.95. The lowest BCUT2D eigenvalue weighted by molar-refractivity contribution is 0.414. The van der Waals surface area contributed by atoms with E-state index in [-0.39, 0.29) is 0 Å². The average molecular weight is 310 g/mol. The molecule has 1 aromatic carbocycles. The molecular formula is C15H20BrNO. The van der Waals surface area contributed by atoms with E-state index in [1.165, 1.54) is 35.7 Å². The zero-order chi connectivity index (χ0) is 12.8. The summed E-state index contributed by atoms with van der Waals surface area (Å²) in [5.41, 5.74) is 1.29. The number of methoxy groups -OCH3 is 1. The van der Waals surface area contributed by atoms with E-state index in [1.54, 1.807) is 7.11 Å². The highest BCUT2D eigenvalue weighted by molar-refractivity contribution is 9.11. The third-order valence-electron chi connectivity index (χ3n) is 3.33. The molecule has 98 valence electrons. The van der Waals surface area contributed by atoms with Crippen LogP contribution in [0.4, 0.5) is 0 Å². The van der Waals surface area contributed by atoms with Crippen LogP contribution in [0, 0.1) is 0 Å². The van der Waals surface area contributed by atoms with Gasteiger partial charge in [0.2, 0.25) is 0 Å². The number of halogens is 1. The Morgan fingerprint density at radius 3 is 2.78 bits per heavy atom. The smallest absolute Gasteiger partial charge is 0.118 e. The van der Waals surface area contributed by atoms with Crippen LogP contribution in [0.25, 0.3) is 0 Å². The molecule has 0 aromatic heterocycles. The highest BCUT2D eigenvalue weighted by Crippen LogP contribution is 2.23. The van der Waals surface area contributed by atoms with E-state index in [9.17, 15) is 0 Å². The van der Waals surface area contributed by atoms with Crippen molar-refractivity contribution < 1.29 is 4.74 Å². The molecule has 2 rings (SSSR count). The van der Waals surface area contributed by atoms with Crippen LogP contribution >= 0.6 is 15.9 Å². The molecule has 0 spiro atoms. The molecule has 0 radical (unpaired) electrons. The first-order valence-electron chi connectivity index (χ1n) is 6.51. The van der Waals surface area contributed by atoms with E-state index in [1.807, 2.05) is 12.1 Å². The number of hydrogen-bond donors (Lipinski definition) is 1. The van der Waals surface area contributed by atoms with E-state index in [0.717, 1.165) is 12.3 Å². The number of nitrogens with one attached hydrogen (secondary N) is 1. The minimum Gasteiger partial charge on any atom is -0.497 e. The van der Waals surface area contributed by atoms with Crippen molar-refractivity contribution >= 4 is 15.9 Å². The van der Waals surface area contributed by atoms with Gasteiger partial charge in [-0.2, -0.15) is 0 Å². The van der Waals surface area contributed by atoms with E-state index in [2.05, 4.69) is 39.5 Å². The van der Waals surface area contributed by atoms with Crippen LogP contribution in [0.2, 0.25) is 0 Å². The maximum atomic E-state index is 5.16. The van der Waals surface area contributed by atoms with Crippen LogP contribution in [0.1, 0.15) is 31.2 Å². The molecule has 0 fully saturated rings. The zero-order valence-electron chi connectivity index (χ0n) is 10.8. The van der Waals surface area contributed by atoms with Crippen LogP contribution in [-0.2, 0) is 6.54 Å². The van der Waals surface area contributed by atoms with Crippen LogP contribution in [0.5, 0.6) is 5.75 Å². The predicted molar refractivity (Wildman–Crippen MR) is 79.1 cm³/mol. The topological polar surface area (TPSA) is 21.3 Å². The summed E-state index contributed by atoms with van der Waals surface area (Å²) in [6.07, 6.45) is 7.31. The second-order valence-electron chi connectivity index (χ2n) is 4.66. The van der Waals surface area contributed by atoms with Gasteiger partial charge in [0.05, 0.1) is 7.11 Å². The fourth-order valence-electron chi connectivity index (χ4n) is 2.20. The van der Waals surface area contributed by atoms with Gasteiger partial charge in [-0.3, -0.25) is 0 Å². The lowest BCUT2D eigenvalue weighted by Gasteiger charge is -2.17. The molecule has 1 aliphatic rings. The molecule has 1 aliphatic carbocycles. The van der Waals surface area contributed by atoms with Crippen molar-refractivity contribution in [2.45, 2.75) is 38.3 Å². The Kier molecular flexibility index (Phi) is 5.26. The van der Waals surface area contributed by atoms with Crippen molar-refractivity contribution in [1.82, 2.24) is 5.32 Å². The monoisotopic (exact) mass is 309 g/mol. The van der Waals surface area contributed by atoms with Gasteiger partial charge in [-0.1, -0.05) is 40.6 Å². The highest BCUT2D eigenvalue weighted by atomic mass is 79.9. The number of ether oxygens (including phenoxy) is 1. The van der Waals surface area contributed by atoms with Gasteiger partial charge in [0.25, 0.3) is 0 Å². The second-order valence-corrected chi connectivity index (χ2v) is 5.57. The van der Waals surface area contributed by atoms with Gasteiger partial charge in [-0.15, -0.1) is 0 Å². The van der Waals surface area contributed by atoms with E-state index in [4.69, 9.17) is 4.74 Å². The van der Waals surface area contributed by atoms with Gasteiger partial charge < -0.3 is 10.1 Å². The summed E-state index contributed by atoms with van der Waals surface area (Å²) >= 11 is 3.68. The number of rotatable bonds is 4. The molecule has 0 aliphatic heterocycles. The van der Waals surface area contributed by atoms with Gasteiger partial charge in [0, 0.05) is 17.1 Å². The molecule has 0 saturated heterocycles. The molecule has 18 heavy (non-hydrogen) atoms. The molecule has 1 aromatic rings. The summed E-state index contributed by atoms with van der Waals surface area (Å²) in [7, 11) is 1.70. The zero-order valence-corrected chi connectivity index (χ0v) is 12.4. The Bertz CT molecular complexity index is 399. The summed E-state index contributed by atoms with van der Waals surface area (Å²) in [5, 5.41) is 3.61. The molecule has 0 heterocycles. The Labute approximate surface area is 118 Å². The van der Waals surface area contributed by atoms with Gasteiger partial charge in [-0.05, 0) is 37.0 Å². The van der Waals surface area contributed by atoms with Crippen LogP contribution in [0.3, 0.4) is 0 Å². The average Bonchev–Trinajstić information content (AvgIpc) is 2.62. The summed E-state index contributed by atoms with van der Waals surface area (Å²) in [6, 6.07) is 8.71. The summed E-state index contributed by atoms with van der Waals surface area (Å²) < 4.78 is 6.47. The van der Waals surface area contributed by atoms with E-state index < -0.39 is 0 Å². The van der Waals surface area contributed by atoms with Crippen molar-refractivity contribution in [3.8, 4) is 5.75 Å². The number of allylic oxidation sites excluding steroid dienone is 1. The molecule has 1 atom stereocenters. The third kappa shape index (κ3) is 3.85. The molecule has 1 N–H and O–H groups in total. The largest absolute Gasteiger partial charge is 0.497 e. The summed E-state index contributed by atoms with van der Waals surface area (Å²) in [6.45, 7) is 0.900. The Morgan fingerprint density at radius 2 is 2.06 bits per heavy atom. The quantitative estimate of drug-likeness (QED) is 0.907. The lowest BCUT2D eigenvalue weighted by Crippen LogP contribution is -2.28. The Hall–Kier alpha value is -0.800. The number of benzene rings is 1. The predicted octanol–water partition coefficient (Wildman–Crippen LogP) is 4.01. The minimum atomic E-state index is 0.467. The van der Waals surface area contributed by atoms with Crippen molar-refractivity contribution in [3.05, 3.63) is 40.4 Å². The molecule has 1 unspecified atom stereocenters. The standard InChI is InChI=1S/C15H20BrNO/c1-18-13-9-7-12(8-10-13)11-17-15-6-4-2-3-5-14(15)16/h5,7-10,15,17H,2-4,6,11H2,1H3. The van der Waals surface area contributed by atoms with Gasteiger partial charge in [0.15, 0.2) is 0 Å². The number of hydrogen-bond acceptors (Lipinski definition) is 2. The molecule has 0 saturated carbocycles. The summed E-state index contributed by atoms with van der Waals surface area (Å²) in [5.74, 6) is 0.911. The van der Waals surface area contributed by atoms with Crippen molar-refractivity contribution in [3.63, 3.8) is 0 Å². The molecule has 2 nitrogen and oxygen atoms in total. The first-order valence-corrected chi connectivity index (χ1v) is 7.31.